The quantitative estimate of drug-likeness (QED) is 0.465. The van der Waals surface area contributed by atoms with Gasteiger partial charge in [0.05, 0.1) is 13.3 Å². The van der Waals surface area contributed by atoms with Crippen LogP contribution in [0.15, 0.2) is 53.6 Å². The van der Waals surface area contributed by atoms with E-state index in [1.165, 1.54) is 6.21 Å². The number of aryl methyl sites for hydroxylation is 1. The zero-order chi connectivity index (χ0) is 21.9. The standard InChI is InChI=1S/C23H29N3O4/c1-16(2)13-19(25-22(27)15-30-20-11-7-5-9-17(20)3)23(28)26-24-14-18-10-6-8-12-21(18)29-4/h5-12,14,16,19H,13,15H2,1-4H3,(H,25,27)(H,26,28)/b24-14-/t19-/m1/s1. The minimum absolute atomic E-state index is 0.169. The van der Waals surface area contributed by atoms with Gasteiger partial charge in [0.25, 0.3) is 11.8 Å². The topological polar surface area (TPSA) is 89.0 Å². The highest BCUT2D eigenvalue weighted by Gasteiger charge is 2.22. The van der Waals surface area contributed by atoms with Gasteiger partial charge >= 0.3 is 0 Å². The zero-order valence-electron chi connectivity index (χ0n) is 17.8. The first kappa shape index (κ1) is 22.9. The van der Waals surface area contributed by atoms with Gasteiger partial charge in [-0.15, -0.1) is 0 Å². The van der Waals surface area contributed by atoms with Crippen molar-refractivity contribution in [2.75, 3.05) is 13.7 Å². The van der Waals surface area contributed by atoms with E-state index in [4.69, 9.17) is 9.47 Å². The number of carbonyl (C=O) groups is 2. The number of rotatable bonds is 10. The van der Waals surface area contributed by atoms with Gasteiger partial charge in [-0.05, 0) is 43.0 Å². The van der Waals surface area contributed by atoms with E-state index in [9.17, 15) is 9.59 Å². The molecule has 0 saturated carbocycles. The molecule has 2 rings (SSSR count). The largest absolute Gasteiger partial charge is 0.496 e. The molecular weight excluding hydrogens is 382 g/mol. The van der Waals surface area contributed by atoms with E-state index < -0.39 is 6.04 Å². The second-order valence-corrected chi connectivity index (χ2v) is 7.28. The summed E-state index contributed by atoms with van der Waals surface area (Å²) in [4.78, 5) is 24.9. The van der Waals surface area contributed by atoms with Crippen LogP contribution in [0.4, 0.5) is 0 Å². The molecule has 30 heavy (non-hydrogen) atoms. The molecule has 2 aromatic rings. The third kappa shape index (κ3) is 7.24. The van der Waals surface area contributed by atoms with Crippen molar-refractivity contribution in [3.63, 3.8) is 0 Å². The fraction of sp³-hybridized carbons (Fsp3) is 0.348. The molecule has 0 aliphatic carbocycles. The molecule has 7 heteroatoms. The van der Waals surface area contributed by atoms with Crippen LogP contribution in [0.5, 0.6) is 11.5 Å². The van der Waals surface area contributed by atoms with Crippen molar-refractivity contribution >= 4 is 18.0 Å². The van der Waals surface area contributed by atoms with Crippen molar-refractivity contribution in [1.82, 2.24) is 10.7 Å². The summed E-state index contributed by atoms with van der Waals surface area (Å²) < 4.78 is 10.8. The van der Waals surface area contributed by atoms with E-state index in [2.05, 4.69) is 15.8 Å². The molecule has 160 valence electrons. The minimum Gasteiger partial charge on any atom is -0.496 e. The van der Waals surface area contributed by atoms with Crippen LogP contribution in [0, 0.1) is 12.8 Å². The molecule has 0 spiro atoms. The van der Waals surface area contributed by atoms with Crippen LogP contribution < -0.4 is 20.2 Å². The third-order valence-electron chi connectivity index (χ3n) is 4.33. The first-order valence-corrected chi connectivity index (χ1v) is 9.84. The van der Waals surface area contributed by atoms with Crippen LogP contribution in [-0.4, -0.2) is 37.8 Å². The summed E-state index contributed by atoms with van der Waals surface area (Å²) >= 11 is 0. The van der Waals surface area contributed by atoms with Crippen molar-refractivity contribution in [2.24, 2.45) is 11.0 Å². The number of amides is 2. The van der Waals surface area contributed by atoms with E-state index in [1.54, 1.807) is 19.2 Å². The van der Waals surface area contributed by atoms with E-state index in [-0.39, 0.29) is 24.3 Å². The van der Waals surface area contributed by atoms with E-state index in [0.717, 1.165) is 11.1 Å². The Kier molecular flexibility index (Phi) is 8.87. The second kappa shape index (κ2) is 11.6. The SMILES string of the molecule is COc1ccccc1/C=N\NC(=O)[C@@H](CC(C)C)NC(=O)COc1ccccc1C. The van der Waals surface area contributed by atoms with Crippen molar-refractivity contribution < 1.29 is 19.1 Å². The lowest BCUT2D eigenvalue weighted by Crippen LogP contribution is -2.47. The van der Waals surface area contributed by atoms with Gasteiger partial charge in [0, 0.05) is 5.56 Å². The second-order valence-electron chi connectivity index (χ2n) is 7.28. The number of methoxy groups -OCH3 is 1. The molecule has 0 unspecified atom stereocenters. The molecule has 0 saturated heterocycles. The van der Waals surface area contributed by atoms with Gasteiger partial charge in [-0.1, -0.05) is 44.2 Å². The maximum atomic E-state index is 12.6. The highest BCUT2D eigenvalue weighted by molar-refractivity contribution is 5.89. The first-order valence-electron chi connectivity index (χ1n) is 9.84. The van der Waals surface area contributed by atoms with Crippen LogP contribution in [-0.2, 0) is 9.59 Å². The van der Waals surface area contributed by atoms with Crippen molar-refractivity contribution in [3.05, 3.63) is 59.7 Å². The maximum absolute atomic E-state index is 12.6. The van der Waals surface area contributed by atoms with Crippen molar-refractivity contribution in [3.8, 4) is 11.5 Å². The Bertz CT molecular complexity index is 880. The van der Waals surface area contributed by atoms with Gasteiger partial charge in [0.2, 0.25) is 0 Å². The van der Waals surface area contributed by atoms with Crippen LogP contribution in [0.3, 0.4) is 0 Å². The number of hydrogen-bond acceptors (Lipinski definition) is 5. The molecular formula is C23H29N3O4. The van der Waals surface area contributed by atoms with Crippen LogP contribution in [0.25, 0.3) is 0 Å². The number of para-hydroxylation sites is 2. The van der Waals surface area contributed by atoms with Gasteiger partial charge in [-0.25, -0.2) is 5.43 Å². The molecule has 0 bridgehead atoms. The van der Waals surface area contributed by atoms with Crippen LogP contribution >= 0.6 is 0 Å². The number of hydrogen-bond donors (Lipinski definition) is 2. The maximum Gasteiger partial charge on any atom is 0.262 e. The fourth-order valence-corrected chi connectivity index (χ4v) is 2.82. The third-order valence-corrected chi connectivity index (χ3v) is 4.33. The van der Waals surface area contributed by atoms with E-state index in [1.807, 2.05) is 57.2 Å². The molecule has 0 aliphatic heterocycles. The number of ether oxygens (including phenoxy) is 2. The lowest BCUT2D eigenvalue weighted by molar-refractivity contribution is -0.130. The molecule has 0 aliphatic rings. The summed E-state index contributed by atoms with van der Waals surface area (Å²) in [6, 6.07) is 14.1. The lowest BCUT2D eigenvalue weighted by atomic mass is 10.0. The van der Waals surface area contributed by atoms with Crippen LogP contribution in [0.1, 0.15) is 31.4 Å². The predicted molar refractivity (Wildman–Crippen MR) is 117 cm³/mol. The first-order chi connectivity index (χ1) is 14.4. The smallest absolute Gasteiger partial charge is 0.262 e. The molecule has 0 fully saturated rings. The summed E-state index contributed by atoms with van der Waals surface area (Å²) in [5.74, 6) is 0.734. The number of carbonyl (C=O) groups excluding carboxylic acids is 2. The number of nitrogens with zero attached hydrogens (tertiary/aromatic N) is 1. The average molecular weight is 412 g/mol. The molecule has 2 aromatic carbocycles. The summed E-state index contributed by atoms with van der Waals surface area (Å²) in [6.07, 6.45) is 1.98. The average Bonchev–Trinajstić information content (AvgIpc) is 2.72. The minimum atomic E-state index is -0.715. The Morgan fingerprint density at radius 3 is 2.40 bits per heavy atom. The monoisotopic (exact) mass is 411 g/mol. The summed E-state index contributed by atoms with van der Waals surface area (Å²) in [5.41, 5.74) is 4.17. The fourth-order valence-electron chi connectivity index (χ4n) is 2.82. The molecule has 0 heterocycles. The number of benzene rings is 2. The molecule has 7 nitrogen and oxygen atoms in total. The lowest BCUT2D eigenvalue weighted by Gasteiger charge is -2.19. The molecule has 1 atom stereocenters. The van der Waals surface area contributed by atoms with Crippen molar-refractivity contribution in [2.45, 2.75) is 33.2 Å². The summed E-state index contributed by atoms with van der Waals surface area (Å²) in [6.45, 7) is 5.70. The van der Waals surface area contributed by atoms with Gasteiger partial charge in [0.1, 0.15) is 17.5 Å². The van der Waals surface area contributed by atoms with Gasteiger partial charge in [-0.2, -0.15) is 5.10 Å². The zero-order valence-corrected chi connectivity index (χ0v) is 17.8. The Morgan fingerprint density at radius 2 is 1.73 bits per heavy atom. The molecule has 2 N–H and O–H groups in total. The van der Waals surface area contributed by atoms with E-state index in [0.29, 0.717) is 17.9 Å². The van der Waals surface area contributed by atoms with Gasteiger partial charge in [0.15, 0.2) is 6.61 Å². The predicted octanol–water partition coefficient (Wildman–Crippen LogP) is 3.06. The van der Waals surface area contributed by atoms with Crippen LogP contribution in [0.2, 0.25) is 0 Å². The Morgan fingerprint density at radius 1 is 1.07 bits per heavy atom. The Hall–Kier alpha value is -3.35. The highest BCUT2D eigenvalue weighted by atomic mass is 16.5. The molecule has 2 amide bonds. The normalized spacial score (nSPS) is 11.9. The Labute approximate surface area is 177 Å². The Balaban J connectivity index is 1.94. The van der Waals surface area contributed by atoms with Crippen molar-refractivity contribution in [1.29, 1.82) is 0 Å². The van der Waals surface area contributed by atoms with Gasteiger partial charge in [-0.3, -0.25) is 9.59 Å². The molecule has 0 aromatic heterocycles. The summed E-state index contributed by atoms with van der Waals surface area (Å²) in [5, 5.41) is 6.74. The molecule has 0 radical (unpaired) electrons. The number of hydrazone groups is 1. The number of nitrogens with one attached hydrogen (secondary N) is 2. The highest BCUT2D eigenvalue weighted by Crippen LogP contribution is 2.16. The van der Waals surface area contributed by atoms with Gasteiger partial charge < -0.3 is 14.8 Å². The summed E-state index contributed by atoms with van der Waals surface area (Å²) in [7, 11) is 1.57. The van der Waals surface area contributed by atoms with E-state index >= 15 is 0 Å².